The number of phenols is 4. The highest BCUT2D eigenvalue weighted by Crippen LogP contribution is 2.41. The van der Waals surface area contributed by atoms with E-state index in [1.54, 1.807) is 24.3 Å². The molecule has 0 aliphatic heterocycles. The lowest BCUT2D eigenvalue weighted by Gasteiger charge is -2.12. The van der Waals surface area contributed by atoms with Crippen LogP contribution in [-0.4, -0.2) is 20.4 Å². The van der Waals surface area contributed by atoms with Crippen molar-refractivity contribution in [3.8, 4) is 34.1 Å². The molecule has 0 aliphatic carbocycles. The molecule has 0 saturated heterocycles. The standard InChI is InChI=1S/C26H14O8/c27-11-1-3-13-15-7-17(21(29)9-19(15)25(31)33-23(13)5-11)18-8-16-14-4-2-12(28)6-24(14)34-26(32)20(16)10-22(18)30/h1-10,27-30H. The molecule has 8 heteroatoms. The topological polar surface area (TPSA) is 141 Å². The lowest BCUT2D eigenvalue weighted by atomic mass is 9.95. The molecule has 2 heterocycles. The van der Waals surface area contributed by atoms with Gasteiger partial charge in [0.05, 0.1) is 10.8 Å². The van der Waals surface area contributed by atoms with Crippen molar-refractivity contribution in [2.75, 3.05) is 0 Å². The van der Waals surface area contributed by atoms with Crippen molar-refractivity contribution < 1.29 is 29.3 Å². The predicted molar refractivity (Wildman–Crippen MR) is 126 cm³/mol. The Hall–Kier alpha value is -4.98. The third-order valence-electron chi connectivity index (χ3n) is 5.92. The Morgan fingerprint density at radius 2 is 0.882 bits per heavy atom. The van der Waals surface area contributed by atoms with Crippen LogP contribution in [0.5, 0.6) is 23.0 Å². The van der Waals surface area contributed by atoms with Crippen molar-refractivity contribution in [2.45, 2.75) is 0 Å². The average Bonchev–Trinajstić information content (AvgIpc) is 2.79. The summed E-state index contributed by atoms with van der Waals surface area (Å²) in [6, 6.07) is 14.3. The maximum atomic E-state index is 12.5. The van der Waals surface area contributed by atoms with Crippen LogP contribution in [0.15, 0.2) is 79.1 Å². The molecule has 2 aromatic heterocycles. The van der Waals surface area contributed by atoms with Gasteiger partial charge in [-0.3, -0.25) is 0 Å². The monoisotopic (exact) mass is 454 g/mol. The zero-order valence-corrected chi connectivity index (χ0v) is 17.2. The van der Waals surface area contributed by atoms with Gasteiger partial charge in [-0.25, -0.2) is 9.59 Å². The molecule has 6 aromatic rings. The summed E-state index contributed by atoms with van der Waals surface area (Å²) in [5.41, 5.74) is -0.623. The highest BCUT2D eigenvalue weighted by molar-refractivity contribution is 6.10. The second-order valence-corrected chi connectivity index (χ2v) is 7.97. The van der Waals surface area contributed by atoms with Crippen LogP contribution in [0.3, 0.4) is 0 Å². The minimum Gasteiger partial charge on any atom is -0.508 e. The minimum atomic E-state index is -0.693. The first-order valence-electron chi connectivity index (χ1n) is 10.2. The molecule has 166 valence electrons. The van der Waals surface area contributed by atoms with Crippen LogP contribution in [0.2, 0.25) is 0 Å². The smallest absolute Gasteiger partial charge is 0.344 e. The Kier molecular flexibility index (Phi) is 3.91. The normalized spacial score (nSPS) is 11.6. The fraction of sp³-hybridized carbons (Fsp3) is 0. The van der Waals surface area contributed by atoms with E-state index in [0.717, 1.165) is 0 Å². The van der Waals surface area contributed by atoms with Gasteiger partial charge in [-0.05, 0) is 48.5 Å². The van der Waals surface area contributed by atoms with Gasteiger partial charge in [0.2, 0.25) is 0 Å². The highest BCUT2D eigenvalue weighted by Gasteiger charge is 2.18. The van der Waals surface area contributed by atoms with Gasteiger partial charge >= 0.3 is 11.3 Å². The lowest BCUT2D eigenvalue weighted by Crippen LogP contribution is -2.01. The van der Waals surface area contributed by atoms with Crippen LogP contribution in [0.1, 0.15) is 0 Å². The van der Waals surface area contributed by atoms with Crippen LogP contribution in [0.25, 0.3) is 54.6 Å². The summed E-state index contributed by atoms with van der Waals surface area (Å²) in [6.45, 7) is 0. The van der Waals surface area contributed by atoms with Crippen molar-refractivity contribution in [3.05, 3.63) is 81.5 Å². The highest BCUT2D eigenvalue weighted by atomic mass is 16.4. The summed E-state index contributed by atoms with van der Waals surface area (Å²) < 4.78 is 10.5. The van der Waals surface area contributed by atoms with E-state index in [9.17, 15) is 30.0 Å². The Bertz CT molecular complexity index is 1800. The number of aromatic hydroxyl groups is 4. The van der Waals surface area contributed by atoms with Crippen LogP contribution >= 0.6 is 0 Å². The van der Waals surface area contributed by atoms with E-state index in [2.05, 4.69) is 0 Å². The molecule has 4 N–H and O–H groups in total. The molecule has 0 saturated carbocycles. The molecular formula is C26H14O8. The van der Waals surface area contributed by atoms with E-state index >= 15 is 0 Å². The van der Waals surface area contributed by atoms with Crippen LogP contribution in [0.4, 0.5) is 0 Å². The SMILES string of the molecule is O=c1oc2cc(O)ccc2c2cc(-c3cc4c(cc3O)c(=O)oc3cc(O)ccc34)c(O)cc12. The Morgan fingerprint density at radius 1 is 0.471 bits per heavy atom. The number of fused-ring (bicyclic) bond motifs is 6. The van der Waals surface area contributed by atoms with Gasteiger partial charge < -0.3 is 29.3 Å². The maximum Gasteiger partial charge on any atom is 0.344 e. The summed E-state index contributed by atoms with van der Waals surface area (Å²) >= 11 is 0. The van der Waals surface area contributed by atoms with E-state index in [0.29, 0.717) is 21.5 Å². The molecule has 34 heavy (non-hydrogen) atoms. The second kappa shape index (κ2) is 6.76. The lowest BCUT2D eigenvalue weighted by molar-refractivity contribution is 0.469. The quantitative estimate of drug-likeness (QED) is 0.207. The van der Waals surface area contributed by atoms with Gasteiger partial charge in [-0.2, -0.15) is 0 Å². The van der Waals surface area contributed by atoms with E-state index < -0.39 is 11.3 Å². The fourth-order valence-corrected chi connectivity index (χ4v) is 4.34. The van der Waals surface area contributed by atoms with Crippen LogP contribution < -0.4 is 11.3 Å². The van der Waals surface area contributed by atoms with E-state index in [1.807, 2.05) is 0 Å². The van der Waals surface area contributed by atoms with Gasteiger partial charge in [0.25, 0.3) is 0 Å². The molecule has 8 nitrogen and oxygen atoms in total. The molecule has 0 spiro atoms. The first-order chi connectivity index (χ1) is 16.3. The summed E-state index contributed by atoms with van der Waals surface area (Å²) in [4.78, 5) is 25.0. The Morgan fingerprint density at radius 3 is 1.29 bits per heavy atom. The van der Waals surface area contributed by atoms with Gasteiger partial charge in [0.15, 0.2) is 0 Å². The molecule has 4 aromatic carbocycles. The van der Waals surface area contributed by atoms with Crippen molar-refractivity contribution in [2.24, 2.45) is 0 Å². The molecule has 0 amide bonds. The molecule has 0 radical (unpaired) electrons. The second-order valence-electron chi connectivity index (χ2n) is 7.97. The van der Waals surface area contributed by atoms with E-state index in [4.69, 9.17) is 8.83 Å². The molecule has 0 bridgehead atoms. The third kappa shape index (κ3) is 2.79. The Labute approximate surface area is 188 Å². The molecule has 0 unspecified atom stereocenters. The van der Waals surface area contributed by atoms with Crippen LogP contribution in [0, 0.1) is 0 Å². The Balaban J connectivity index is 1.72. The van der Waals surface area contributed by atoms with E-state index in [-0.39, 0.29) is 56.1 Å². The summed E-state index contributed by atoms with van der Waals surface area (Å²) in [5, 5.41) is 43.2. The minimum absolute atomic E-state index is 0.0714. The zero-order chi connectivity index (χ0) is 23.7. The zero-order valence-electron chi connectivity index (χ0n) is 17.2. The molecule has 0 atom stereocenters. The van der Waals surface area contributed by atoms with Gasteiger partial charge in [-0.15, -0.1) is 0 Å². The molecular weight excluding hydrogens is 440 g/mol. The number of hydrogen-bond acceptors (Lipinski definition) is 8. The van der Waals surface area contributed by atoms with Gasteiger partial charge in [0.1, 0.15) is 34.2 Å². The van der Waals surface area contributed by atoms with Gasteiger partial charge in [-0.1, -0.05) is 0 Å². The first kappa shape index (κ1) is 19.7. The van der Waals surface area contributed by atoms with Crippen LogP contribution in [-0.2, 0) is 0 Å². The fourth-order valence-electron chi connectivity index (χ4n) is 4.34. The third-order valence-corrected chi connectivity index (χ3v) is 5.92. The van der Waals surface area contributed by atoms with Gasteiger partial charge in [0, 0.05) is 44.8 Å². The number of hydrogen-bond donors (Lipinski definition) is 4. The first-order valence-corrected chi connectivity index (χ1v) is 10.2. The number of benzene rings is 4. The van der Waals surface area contributed by atoms with Crippen molar-refractivity contribution in [1.29, 1.82) is 0 Å². The number of rotatable bonds is 1. The largest absolute Gasteiger partial charge is 0.508 e. The van der Waals surface area contributed by atoms with Crippen molar-refractivity contribution in [3.63, 3.8) is 0 Å². The average molecular weight is 454 g/mol. The molecule has 6 rings (SSSR count). The predicted octanol–water partition coefficient (Wildman–Crippen LogP) is 4.70. The van der Waals surface area contributed by atoms with Crippen molar-refractivity contribution >= 4 is 43.5 Å². The number of phenolic OH excluding ortho intramolecular Hbond substituents is 4. The molecule has 0 fully saturated rings. The summed E-state index contributed by atoms with van der Waals surface area (Å²) in [6.07, 6.45) is 0. The van der Waals surface area contributed by atoms with Crippen molar-refractivity contribution in [1.82, 2.24) is 0 Å². The summed E-state index contributed by atoms with van der Waals surface area (Å²) in [7, 11) is 0. The summed E-state index contributed by atoms with van der Waals surface area (Å²) in [5.74, 6) is -0.703. The maximum absolute atomic E-state index is 12.5. The van der Waals surface area contributed by atoms with E-state index in [1.165, 1.54) is 36.4 Å². The molecule has 0 aliphatic rings.